The maximum Gasteiger partial charge on any atom is 0.254 e. The molecule has 0 saturated carbocycles. The first-order valence-corrected chi connectivity index (χ1v) is 10.5. The molecule has 0 unspecified atom stereocenters. The summed E-state index contributed by atoms with van der Waals surface area (Å²) in [5, 5.41) is 12.9. The van der Waals surface area contributed by atoms with E-state index in [9.17, 15) is 4.79 Å². The highest BCUT2D eigenvalue weighted by atomic mass is 16.3. The van der Waals surface area contributed by atoms with E-state index in [-0.39, 0.29) is 5.91 Å². The van der Waals surface area contributed by atoms with Crippen molar-refractivity contribution in [3.05, 3.63) is 77.9 Å². The van der Waals surface area contributed by atoms with Crippen molar-refractivity contribution < 1.29 is 9.21 Å². The molecule has 0 atom stereocenters. The number of fused-ring (bicyclic) bond motifs is 2. The fourth-order valence-electron chi connectivity index (χ4n) is 4.09. The standard InChI is InChI=1S/C23H24N6O2/c30-23(18-8-14-31-16-18)25-10-6-21-26-27-22-7-11-28(12-13-29(21)22)15-17-5-9-24-20-4-2-1-3-19(17)20/h1-5,8-9,14,16H,6-7,10-13,15H2,(H,25,30). The molecule has 0 spiro atoms. The number of benzene rings is 1. The molecule has 1 aromatic carbocycles. The maximum atomic E-state index is 12.1. The molecule has 1 amide bonds. The Labute approximate surface area is 179 Å². The van der Waals surface area contributed by atoms with Gasteiger partial charge in [0.05, 0.1) is 17.3 Å². The number of carbonyl (C=O) groups is 1. The number of nitrogens with zero attached hydrogens (tertiary/aromatic N) is 5. The smallest absolute Gasteiger partial charge is 0.254 e. The average molecular weight is 416 g/mol. The number of aromatic nitrogens is 4. The third-order valence-corrected chi connectivity index (χ3v) is 5.75. The van der Waals surface area contributed by atoms with Gasteiger partial charge in [0.1, 0.15) is 17.9 Å². The lowest BCUT2D eigenvalue weighted by atomic mass is 10.1. The zero-order chi connectivity index (χ0) is 21.0. The van der Waals surface area contributed by atoms with Gasteiger partial charge in [-0.1, -0.05) is 18.2 Å². The maximum absolute atomic E-state index is 12.1. The number of hydrogen-bond donors (Lipinski definition) is 1. The Bertz CT molecular complexity index is 1180. The van der Waals surface area contributed by atoms with Crippen LogP contribution in [0.5, 0.6) is 0 Å². The Hall–Kier alpha value is -3.52. The van der Waals surface area contributed by atoms with E-state index in [0.717, 1.165) is 49.8 Å². The van der Waals surface area contributed by atoms with Gasteiger partial charge in [-0.05, 0) is 23.8 Å². The van der Waals surface area contributed by atoms with Gasteiger partial charge in [0.25, 0.3) is 5.91 Å². The van der Waals surface area contributed by atoms with Crippen molar-refractivity contribution in [3.63, 3.8) is 0 Å². The van der Waals surface area contributed by atoms with Crippen molar-refractivity contribution in [2.75, 3.05) is 19.6 Å². The predicted octanol–water partition coefficient (Wildman–Crippen LogP) is 2.45. The highest BCUT2D eigenvalue weighted by Gasteiger charge is 2.19. The summed E-state index contributed by atoms with van der Waals surface area (Å²) in [5.41, 5.74) is 2.86. The summed E-state index contributed by atoms with van der Waals surface area (Å²) in [4.78, 5) is 19.0. The van der Waals surface area contributed by atoms with E-state index < -0.39 is 0 Å². The van der Waals surface area contributed by atoms with E-state index in [1.54, 1.807) is 6.07 Å². The first-order chi connectivity index (χ1) is 15.3. The lowest BCUT2D eigenvalue weighted by molar-refractivity contribution is 0.0953. The summed E-state index contributed by atoms with van der Waals surface area (Å²) in [6.07, 6.45) is 6.33. The average Bonchev–Trinajstić information content (AvgIpc) is 3.42. The lowest BCUT2D eigenvalue weighted by Gasteiger charge is -2.20. The second-order valence-electron chi connectivity index (χ2n) is 7.72. The number of nitrogens with one attached hydrogen (secondary N) is 1. The molecule has 0 bridgehead atoms. The zero-order valence-corrected chi connectivity index (χ0v) is 17.2. The fraction of sp³-hybridized carbons (Fsp3) is 0.304. The third-order valence-electron chi connectivity index (χ3n) is 5.75. The minimum atomic E-state index is -0.139. The summed E-state index contributed by atoms with van der Waals surface area (Å²) >= 11 is 0. The van der Waals surface area contributed by atoms with Crippen LogP contribution in [0.4, 0.5) is 0 Å². The predicted molar refractivity (Wildman–Crippen MR) is 115 cm³/mol. The monoisotopic (exact) mass is 416 g/mol. The molecule has 31 heavy (non-hydrogen) atoms. The minimum absolute atomic E-state index is 0.139. The van der Waals surface area contributed by atoms with E-state index in [0.29, 0.717) is 18.5 Å². The van der Waals surface area contributed by atoms with E-state index in [2.05, 4.69) is 54.2 Å². The summed E-state index contributed by atoms with van der Waals surface area (Å²) in [6, 6.07) is 12.0. The van der Waals surface area contributed by atoms with Gasteiger partial charge in [-0.15, -0.1) is 10.2 Å². The zero-order valence-electron chi connectivity index (χ0n) is 17.2. The molecule has 0 fully saturated rings. The SMILES string of the molecule is O=C(NCCc1nnc2n1CCN(Cc1ccnc3ccccc13)CC2)c1ccoc1. The number of para-hydroxylation sites is 1. The molecule has 3 aromatic heterocycles. The Kier molecular flexibility index (Phi) is 5.45. The van der Waals surface area contributed by atoms with Crippen molar-refractivity contribution >= 4 is 16.8 Å². The molecular weight excluding hydrogens is 392 g/mol. The molecule has 4 heterocycles. The molecule has 1 aliphatic rings. The van der Waals surface area contributed by atoms with E-state index >= 15 is 0 Å². The molecule has 158 valence electrons. The van der Waals surface area contributed by atoms with Gasteiger partial charge >= 0.3 is 0 Å². The molecule has 1 aliphatic heterocycles. The van der Waals surface area contributed by atoms with Crippen LogP contribution in [0.2, 0.25) is 0 Å². The minimum Gasteiger partial charge on any atom is -0.472 e. The van der Waals surface area contributed by atoms with Gasteiger partial charge in [-0.2, -0.15) is 0 Å². The Morgan fingerprint density at radius 3 is 2.94 bits per heavy atom. The van der Waals surface area contributed by atoms with Crippen molar-refractivity contribution in [2.24, 2.45) is 0 Å². The molecule has 0 saturated heterocycles. The number of carbonyl (C=O) groups excluding carboxylic acids is 1. The lowest BCUT2D eigenvalue weighted by Crippen LogP contribution is -2.28. The number of amides is 1. The van der Waals surface area contributed by atoms with Crippen molar-refractivity contribution in [1.29, 1.82) is 0 Å². The summed E-state index contributed by atoms with van der Waals surface area (Å²) < 4.78 is 7.16. The van der Waals surface area contributed by atoms with E-state index in [4.69, 9.17) is 4.42 Å². The van der Waals surface area contributed by atoms with Gasteiger partial charge in [0, 0.05) is 57.1 Å². The van der Waals surface area contributed by atoms with Crippen molar-refractivity contribution in [1.82, 2.24) is 30.0 Å². The molecule has 1 N–H and O–H groups in total. The molecule has 5 rings (SSSR count). The highest BCUT2D eigenvalue weighted by molar-refractivity contribution is 5.93. The van der Waals surface area contributed by atoms with Crippen LogP contribution >= 0.6 is 0 Å². The van der Waals surface area contributed by atoms with Crippen LogP contribution < -0.4 is 5.32 Å². The third kappa shape index (κ3) is 4.20. The molecule has 8 nitrogen and oxygen atoms in total. The molecule has 4 aromatic rings. The number of hydrogen-bond acceptors (Lipinski definition) is 6. The summed E-state index contributed by atoms with van der Waals surface area (Å²) in [7, 11) is 0. The van der Waals surface area contributed by atoms with Crippen LogP contribution in [-0.4, -0.2) is 50.2 Å². The van der Waals surface area contributed by atoms with Crippen LogP contribution in [0.25, 0.3) is 10.9 Å². The molecule has 0 aliphatic carbocycles. The Morgan fingerprint density at radius 2 is 2.03 bits per heavy atom. The molecular formula is C23H24N6O2. The summed E-state index contributed by atoms with van der Waals surface area (Å²) in [5.74, 6) is 1.79. The van der Waals surface area contributed by atoms with E-state index in [1.165, 1.54) is 23.5 Å². The van der Waals surface area contributed by atoms with Crippen LogP contribution in [0.3, 0.4) is 0 Å². The Balaban J connectivity index is 1.21. The fourth-order valence-corrected chi connectivity index (χ4v) is 4.09. The number of pyridine rings is 1. The van der Waals surface area contributed by atoms with Gasteiger partial charge in [-0.3, -0.25) is 14.7 Å². The first kappa shape index (κ1) is 19.4. The molecule has 0 radical (unpaired) electrons. The second kappa shape index (κ2) is 8.69. The molecule has 8 heteroatoms. The Morgan fingerprint density at radius 1 is 1.10 bits per heavy atom. The van der Waals surface area contributed by atoms with Gasteiger partial charge in [-0.25, -0.2) is 0 Å². The van der Waals surface area contributed by atoms with E-state index in [1.807, 2.05) is 12.3 Å². The normalized spacial score (nSPS) is 14.3. The van der Waals surface area contributed by atoms with Crippen LogP contribution in [0, 0.1) is 0 Å². The highest BCUT2D eigenvalue weighted by Crippen LogP contribution is 2.19. The van der Waals surface area contributed by atoms with Crippen LogP contribution in [0.1, 0.15) is 27.6 Å². The van der Waals surface area contributed by atoms with Gasteiger partial charge in [0.2, 0.25) is 0 Å². The first-order valence-electron chi connectivity index (χ1n) is 10.5. The number of rotatable bonds is 6. The van der Waals surface area contributed by atoms with Crippen LogP contribution in [-0.2, 0) is 25.9 Å². The summed E-state index contributed by atoms with van der Waals surface area (Å²) in [6.45, 7) is 4.10. The second-order valence-corrected chi connectivity index (χ2v) is 7.72. The quantitative estimate of drug-likeness (QED) is 0.519. The van der Waals surface area contributed by atoms with Crippen LogP contribution in [0.15, 0.2) is 59.5 Å². The van der Waals surface area contributed by atoms with Gasteiger partial charge < -0.3 is 14.3 Å². The topological polar surface area (TPSA) is 89.1 Å². The number of furan rings is 1. The van der Waals surface area contributed by atoms with Gasteiger partial charge in [0.15, 0.2) is 0 Å². The largest absolute Gasteiger partial charge is 0.472 e. The van der Waals surface area contributed by atoms with Crippen molar-refractivity contribution in [2.45, 2.75) is 25.9 Å². The van der Waals surface area contributed by atoms with Crippen molar-refractivity contribution in [3.8, 4) is 0 Å².